The van der Waals surface area contributed by atoms with Crippen LogP contribution in [0.5, 0.6) is 11.5 Å². The zero-order valence-electron chi connectivity index (χ0n) is 13.1. The van der Waals surface area contributed by atoms with Crippen LogP contribution < -0.4 is 13.8 Å². The van der Waals surface area contributed by atoms with Gasteiger partial charge in [-0.1, -0.05) is 28.1 Å². The van der Waals surface area contributed by atoms with E-state index in [9.17, 15) is 8.42 Å². The molecular weight excluding hydrogens is 382 g/mol. The minimum atomic E-state index is -3.48. The van der Waals surface area contributed by atoms with E-state index in [0.29, 0.717) is 17.2 Å². The van der Waals surface area contributed by atoms with E-state index < -0.39 is 10.0 Å². The Kier molecular flexibility index (Phi) is 5.54. The molecule has 2 aromatic carbocycles. The molecule has 0 aromatic heterocycles. The Bertz CT molecular complexity index is 775. The van der Waals surface area contributed by atoms with E-state index in [0.717, 1.165) is 10.0 Å². The molecule has 0 saturated carbocycles. The number of nitrogens with zero attached hydrogens (tertiary/aromatic N) is 1. The monoisotopic (exact) mass is 399 g/mol. The molecule has 0 aliphatic rings. The van der Waals surface area contributed by atoms with Crippen molar-refractivity contribution in [1.29, 1.82) is 0 Å². The molecule has 0 bridgehead atoms. The van der Waals surface area contributed by atoms with E-state index in [2.05, 4.69) is 15.9 Å². The standard InChI is InChI=1S/C16H18BrNO4S/c1-21-14-8-9-15(16(10-14)22-2)18(23(3,19)20)11-12-4-6-13(17)7-5-12/h4-10H,11H2,1-3H3. The maximum absolute atomic E-state index is 12.3. The van der Waals surface area contributed by atoms with E-state index in [-0.39, 0.29) is 6.54 Å². The van der Waals surface area contributed by atoms with Gasteiger partial charge in [-0.2, -0.15) is 0 Å². The van der Waals surface area contributed by atoms with Gasteiger partial charge in [-0.3, -0.25) is 4.31 Å². The lowest BCUT2D eigenvalue weighted by Crippen LogP contribution is -2.29. The first-order chi connectivity index (χ1) is 10.8. The van der Waals surface area contributed by atoms with Gasteiger partial charge in [0.1, 0.15) is 11.5 Å². The van der Waals surface area contributed by atoms with Gasteiger partial charge in [0, 0.05) is 10.5 Å². The van der Waals surface area contributed by atoms with Crippen LogP contribution in [0.3, 0.4) is 0 Å². The van der Waals surface area contributed by atoms with Crippen molar-refractivity contribution in [3.05, 3.63) is 52.5 Å². The number of benzene rings is 2. The molecule has 124 valence electrons. The van der Waals surface area contributed by atoms with Crippen molar-refractivity contribution >= 4 is 31.6 Å². The van der Waals surface area contributed by atoms with E-state index in [1.165, 1.54) is 17.7 Å². The number of methoxy groups -OCH3 is 2. The second kappa shape index (κ2) is 7.23. The largest absolute Gasteiger partial charge is 0.497 e. The average Bonchev–Trinajstić information content (AvgIpc) is 2.52. The fourth-order valence-corrected chi connectivity index (χ4v) is 3.28. The highest BCUT2D eigenvalue weighted by molar-refractivity contribution is 9.10. The molecule has 2 aromatic rings. The number of anilines is 1. The van der Waals surface area contributed by atoms with Gasteiger partial charge in [-0.15, -0.1) is 0 Å². The second-order valence-corrected chi connectivity index (χ2v) is 7.76. The van der Waals surface area contributed by atoms with Gasteiger partial charge in [0.05, 0.1) is 32.7 Å². The third-order valence-electron chi connectivity index (χ3n) is 3.30. The highest BCUT2D eigenvalue weighted by atomic mass is 79.9. The fourth-order valence-electron chi connectivity index (χ4n) is 2.13. The van der Waals surface area contributed by atoms with Crippen LogP contribution >= 0.6 is 15.9 Å². The van der Waals surface area contributed by atoms with Gasteiger partial charge in [-0.25, -0.2) is 8.42 Å². The predicted octanol–water partition coefficient (Wildman–Crippen LogP) is 3.43. The third-order valence-corrected chi connectivity index (χ3v) is 4.95. The SMILES string of the molecule is COc1ccc(N(Cc2ccc(Br)cc2)S(C)(=O)=O)c(OC)c1. The molecule has 0 spiro atoms. The summed E-state index contributed by atoms with van der Waals surface area (Å²) < 4.78 is 37.2. The summed E-state index contributed by atoms with van der Waals surface area (Å²) in [5, 5.41) is 0. The number of hydrogen-bond acceptors (Lipinski definition) is 4. The zero-order chi connectivity index (χ0) is 17.0. The van der Waals surface area contributed by atoms with Crippen LogP contribution in [0.25, 0.3) is 0 Å². The fraction of sp³-hybridized carbons (Fsp3) is 0.250. The minimum Gasteiger partial charge on any atom is -0.497 e. The summed E-state index contributed by atoms with van der Waals surface area (Å²) in [4.78, 5) is 0. The molecule has 2 rings (SSSR count). The predicted molar refractivity (Wildman–Crippen MR) is 94.7 cm³/mol. The van der Waals surface area contributed by atoms with Crippen LogP contribution in [0.15, 0.2) is 46.9 Å². The molecule has 5 nitrogen and oxygen atoms in total. The summed E-state index contributed by atoms with van der Waals surface area (Å²) in [5.74, 6) is 1.04. The molecule has 0 N–H and O–H groups in total. The van der Waals surface area contributed by atoms with Crippen molar-refractivity contribution in [2.24, 2.45) is 0 Å². The molecule has 0 aliphatic carbocycles. The van der Waals surface area contributed by atoms with Gasteiger partial charge >= 0.3 is 0 Å². The molecule has 0 amide bonds. The lowest BCUT2D eigenvalue weighted by molar-refractivity contribution is 0.395. The number of halogens is 1. The highest BCUT2D eigenvalue weighted by Crippen LogP contribution is 2.34. The third kappa shape index (κ3) is 4.39. The van der Waals surface area contributed by atoms with Crippen molar-refractivity contribution in [2.45, 2.75) is 6.54 Å². The van der Waals surface area contributed by atoms with E-state index in [1.807, 2.05) is 24.3 Å². The minimum absolute atomic E-state index is 0.217. The lowest BCUT2D eigenvalue weighted by Gasteiger charge is -2.24. The molecule has 0 heterocycles. The number of sulfonamides is 1. The molecule has 0 radical (unpaired) electrons. The Morgan fingerprint density at radius 3 is 2.22 bits per heavy atom. The van der Waals surface area contributed by atoms with E-state index in [4.69, 9.17) is 9.47 Å². The maximum atomic E-state index is 12.3. The van der Waals surface area contributed by atoms with Gasteiger partial charge in [0.25, 0.3) is 0 Å². The number of hydrogen-bond donors (Lipinski definition) is 0. The van der Waals surface area contributed by atoms with Crippen LogP contribution in [-0.4, -0.2) is 28.9 Å². The van der Waals surface area contributed by atoms with Crippen molar-refractivity contribution < 1.29 is 17.9 Å². The molecule has 0 fully saturated rings. The first-order valence-corrected chi connectivity index (χ1v) is 9.43. The summed E-state index contributed by atoms with van der Waals surface area (Å²) >= 11 is 3.37. The Morgan fingerprint density at radius 1 is 1.04 bits per heavy atom. The van der Waals surface area contributed by atoms with Gasteiger partial charge in [0.2, 0.25) is 10.0 Å². The topological polar surface area (TPSA) is 55.8 Å². The normalized spacial score (nSPS) is 11.1. The average molecular weight is 400 g/mol. The van der Waals surface area contributed by atoms with Gasteiger partial charge < -0.3 is 9.47 Å². The summed E-state index contributed by atoms with van der Waals surface area (Å²) in [6.07, 6.45) is 1.18. The van der Waals surface area contributed by atoms with Gasteiger partial charge in [-0.05, 0) is 29.8 Å². The van der Waals surface area contributed by atoms with Crippen LogP contribution in [0.2, 0.25) is 0 Å². The maximum Gasteiger partial charge on any atom is 0.232 e. The molecule has 0 atom stereocenters. The lowest BCUT2D eigenvalue weighted by atomic mass is 10.2. The van der Waals surface area contributed by atoms with Crippen LogP contribution in [0.1, 0.15) is 5.56 Å². The molecule has 23 heavy (non-hydrogen) atoms. The summed E-state index contributed by atoms with van der Waals surface area (Å²) in [6.45, 7) is 0.217. The zero-order valence-corrected chi connectivity index (χ0v) is 15.5. The van der Waals surface area contributed by atoms with Crippen LogP contribution in [-0.2, 0) is 16.6 Å². The van der Waals surface area contributed by atoms with Gasteiger partial charge in [0.15, 0.2) is 0 Å². The Balaban J connectivity index is 2.45. The van der Waals surface area contributed by atoms with Crippen LogP contribution in [0, 0.1) is 0 Å². The summed E-state index contributed by atoms with van der Waals surface area (Å²) in [5.41, 5.74) is 1.34. The summed E-state index contributed by atoms with van der Waals surface area (Å²) in [6, 6.07) is 12.5. The molecule has 0 unspecified atom stereocenters. The second-order valence-electron chi connectivity index (χ2n) is 4.93. The molecule has 0 saturated heterocycles. The molecule has 0 aliphatic heterocycles. The highest BCUT2D eigenvalue weighted by Gasteiger charge is 2.22. The smallest absolute Gasteiger partial charge is 0.232 e. The van der Waals surface area contributed by atoms with Crippen molar-refractivity contribution in [1.82, 2.24) is 0 Å². The first kappa shape index (κ1) is 17.6. The number of ether oxygens (including phenoxy) is 2. The Labute approximate surface area is 145 Å². The Morgan fingerprint density at radius 2 is 1.70 bits per heavy atom. The quantitative estimate of drug-likeness (QED) is 0.746. The summed E-state index contributed by atoms with van der Waals surface area (Å²) in [7, 11) is -0.433. The van der Waals surface area contributed by atoms with E-state index in [1.54, 1.807) is 25.3 Å². The molecule has 7 heteroatoms. The van der Waals surface area contributed by atoms with Crippen LogP contribution in [0.4, 0.5) is 5.69 Å². The van der Waals surface area contributed by atoms with Crippen molar-refractivity contribution in [2.75, 3.05) is 24.8 Å². The van der Waals surface area contributed by atoms with E-state index >= 15 is 0 Å². The number of rotatable bonds is 6. The first-order valence-electron chi connectivity index (χ1n) is 6.79. The molecular formula is C16H18BrNO4S. The Hall–Kier alpha value is -1.73. The van der Waals surface area contributed by atoms with Crippen molar-refractivity contribution in [3.63, 3.8) is 0 Å². The van der Waals surface area contributed by atoms with Crippen molar-refractivity contribution in [3.8, 4) is 11.5 Å².